The number of aromatic nitrogens is 4. The number of rotatable bonds is 6. The summed E-state index contributed by atoms with van der Waals surface area (Å²) in [5.41, 5.74) is 5.13. The highest BCUT2D eigenvalue weighted by Gasteiger charge is 2.20. The smallest absolute Gasteiger partial charge is 0.268 e. The zero-order chi connectivity index (χ0) is 23.0. The summed E-state index contributed by atoms with van der Waals surface area (Å²) in [5.74, 6) is -0.104. The van der Waals surface area contributed by atoms with Crippen LogP contribution >= 0.6 is 11.3 Å². The molecule has 166 valence electrons. The fraction of sp³-hybridized carbons (Fsp3) is 0.333. The van der Waals surface area contributed by atoms with E-state index in [1.54, 1.807) is 4.40 Å². The minimum atomic E-state index is -0.200. The Morgan fingerprint density at radius 3 is 2.59 bits per heavy atom. The molecule has 3 heterocycles. The van der Waals surface area contributed by atoms with Crippen molar-refractivity contribution in [3.63, 3.8) is 0 Å². The second-order valence-electron chi connectivity index (χ2n) is 8.19. The molecule has 0 saturated carbocycles. The van der Waals surface area contributed by atoms with Gasteiger partial charge in [0.15, 0.2) is 4.96 Å². The van der Waals surface area contributed by atoms with Crippen molar-refractivity contribution in [2.75, 3.05) is 0 Å². The van der Waals surface area contributed by atoms with Crippen molar-refractivity contribution in [1.82, 2.24) is 24.5 Å². The number of hydrogen-bond donors (Lipinski definition) is 1. The lowest BCUT2D eigenvalue weighted by Crippen LogP contribution is -2.34. The normalized spacial score (nSPS) is 12.3. The van der Waals surface area contributed by atoms with Crippen LogP contribution in [-0.2, 0) is 11.2 Å². The summed E-state index contributed by atoms with van der Waals surface area (Å²) in [7, 11) is 0. The molecule has 3 aromatic heterocycles. The van der Waals surface area contributed by atoms with Crippen LogP contribution < -0.4 is 10.9 Å². The van der Waals surface area contributed by atoms with Gasteiger partial charge in [0.25, 0.3) is 5.56 Å². The monoisotopic (exact) mass is 449 g/mol. The van der Waals surface area contributed by atoms with Gasteiger partial charge in [-0.2, -0.15) is 5.10 Å². The third-order valence-corrected chi connectivity index (χ3v) is 6.48. The van der Waals surface area contributed by atoms with Gasteiger partial charge in [-0.1, -0.05) is 24.6 Å². The minimum Gasteiger partial charge on any atom is -0.353 e. The van der Waals surface area contributed by atoms with Crippen LogP contribution in [0.1, 0.15) is 42.9 Å². The number of thiazole rings is 1. The summed E-state index contributed by atoms with van der Waals surface area (Å²) in [6.07, 6.45) is 0.981. The molecular weight excluding hydrogens is 422 g/mol. The number of aryl methyl sites for hydroxylation is 3. The Balaban J connectivity index is 1.77. The number of nitrogens with one attached hydrogen (secondary N) is 1. The van der Waals surface area contributed by atoms with Crippen LogP contribution in [0.15, 0.2) is 40.5 Å². The zero-order valence-corrected chi connectivity index (χ0v) is 19.8. The van der Waals surface area contributed by atoms with E-state index in [9.17, 15) is 9.59 Å². The third kappa shape index (κ3) is 4.10. The van der Waals surface area contributed by atoms with Gasteiger partial charge in [0, 0.05) is 22.8 Å². The molecule has 4 rings (SSSR count). The highest BCUT2D eigenvalue weighted by Crippen LogP contribution is 2.23. The van der Waals surface area contributed by atoms with Gasteiger partial charge in [-0.25, -0.2) is 9.67 Å². The first-order valence-electron chi connectivity index (χ1n) is 10.7. The number of carbonyl (C=O) groups is 1. The molecule has 0 aliphatic rings. The molecule has 0 saturated heterocycles. The largest absolute Gasteiger partial charge is 0.353 e. The van der Waals surface area contributed by atoms with Gasteiger partial charge >= 0.3 is 0 Å². The summed E-state index contributed by atoms with van der Waals surface area (Å²) >= 11 is 1.37. The Labute approximate surface area is 190 Å². The van der Waals surface area contributed by atoms with Crippen molar-refractivity contribution in [2.45, 2.75) is 53.5 Å². The van der Waals surface area contributed by atoms with Crippen LogP contribution in [0, 0.1) is 20.8 Å². The fourth-order valence-electron chi connectivity index (χ4n) is 3.66. The lowest BCUT2D eigenvalue weighted by Gasteiger charge is -2.11. The molecule has 1 atom stereocenters. The Hall–Kier alpha value is -3.26. The summed E-state index contributed by atoms with van der Waals surface area (Å²) in [5, 5.41) is 9.51. The molecule has 8 heteroatoms. The summed E-state index contributed by atoms with van der Waals surface area (Å²) in [6, 6.07) is 10.1. The minimum absolute atomic E-state index is 0.0915. The number of benzene rings is 1. The first-order valence-corrected chi connectivity index (χ1v) is 11.6. The Morgan fingerprint density at radius 1 is 1.19 bits per heavy atom. The molecule has 0 fully saturated rings. The Kier molecular flexibility index (Phi) is 5.97. The molecule has 1 unspecified atom stereocenters. The summed E-state index contributed by atoms with van der Waals surface area (Å²) < 4.78 is 3.38. The molecule has 0 bridgehead atoms. The molecule has 1 amide bonds. The van der Waals surface area contributed by atoms with Gasteiger partial charge < -0.3 is 5.32 Å². The molecule has 1 aromatic carbocycles. The molecule has 4 aromatic rings. The highest BCUT2D eigenvalue weighted by molar-refractivity contribution is 7.15. The maximum Gasteiger partial charge on any atom is 0.268 e. The number of hydrogen-bond acceptors (Lipinski definition) is 5. The van der Waals surface area contributed by atoms with Crippen LogP contribution in [0.4, 0.5) is 0 Å². The predicted molar refractivity (Wildman–Crippen MR) is 128 cm³/mol. The number of amides is 1. The van der Waals surface area contributed by atoms with Gasteiger partial charge in [0.1, 0.15) is 5.69 Å². The van der Waals surface area contributed by atoms with E-state index in [4.69, 9.17) is 5.10 Å². The topological polar surface area (TPSA) is 81.3 Å². The van der Waals surface area contributed by atoms with E-state index in [-0.39, 0.29) is 23.9 Å². The first-order chi connectivity index (χ1) is 15.3. The van der Waals surface area contributed by atoms with Crippen LogP contribution in [0.5, 0.6) is 0 Å². The lowest BCUT2D eigenvalue weighted by atomic mass is 10.1. The lowest BCUT2D eigenvalue weighted by molar-refractivity contribution is -0.121. The van der Waals surface area contributed by atoms with E-state index in [1.807, 2.05) is 75.0 Å². The Morgan fingerprint density at radius 2 is 1.91 bits per heavy atom. The van der Waals surface area contributed by atoms with Gasteiger partial charge in [-0.3, -0.25) is 14.0 Å². The maximum absolute atomic E-state index is 13.5. The van der Waals surface area contributed by atoms with E-state index < -0.39 is 0 Å². The van der Waals surface area contributed by atoms with Gasteiger partial charge in [-0.15, -0.1) is 11.3 Å². The van der Waals surface area contributed by atoms with E-state index in [1.165, 1.54) is 16.9 Å². The first kappa shape index (κ1) is 22.0. The van der Waals surface area contributed by atoms with Crippen LogP contribution in [0.25, 0.3) is 21.9 Å². The number of fused-ring (bicyclic) bond motifs is 1. The second kappa shape index (κ2) is 8.70. The molecule has 7 nitrogen and oxygen atoms in total. The highest BCUT2D eigenvalue weighted by atomic mass is 32.1. The third-order valence-electron chi connectivity index (χ3n) is 5.60. The molecular formula is C24H27N5O2S. The van der Waals surface area contributed by atoms with Crippen molar-refractivity contribution in [2.24, 2.45) is 0 Å². The maximum atomic E-state index is 13.5. The van der Waals surface area contributed by atoms with Gasteiger partial charge in [0.2, 0.25) is 5.91 Å². The predicted octanol–water partition coefficient (Wildman–Crippen LogP) is 3.99. The summed E-state index contributed by atoms with van der Waals surface area (Å²) in [4.78, 5) is 31.2. The average Bonchev–Trinajstić information content (AvgIpc) is 3.32. The van der Waals surface area contributed by atoms with E-state index in [0.717, 1.165) is 17.8 Å². The number of carbonyl (C=O) groups excluding carboxylic acids is 1. The molecule has 1 N–H and O–H groups in total. The molecule has 0 aliphatic carbocycles. The standard InChI is InChI=1S/C24H27N5O2S/c1-6-15(3)25-21(30)12-19-13-32-24-26-17(5)22(23(31)28(19)24)20-11-16(4)29(27-20)18-9-7-14(2)8-10-18/h7-11,13,15H,6,12H2,1-5H3,(H,25,30). The quantitative estimate of drug-likeness (QED) is 0.483. The summed E-state index contributed by atoms with van der Waals surface area (Å²) in [6.45, 7) is 9.81. The van der Waals surface area contributed by atoms with Crippen LogP contribution in [0.3, 0.4) is 0 Å². The van der Waals surface area contributed by atoms with E-state index >= 15 is 0 Å². The fourth-order valence-corrected chi connectivity index (χ4v) is 4.59. The van der Waals surface area contributed by atoms with Crippen molar-refractivity contribution >= 4 is 22.2 Å². The van der Waals surface area contributed by atoms with Crippen LogP contribution in [0.2, 0.25) is 0 Å². The van der Waals surface area contributed by atoms with E-state index in [2.05, 4.69) is 10.3 Å². The van der Waals surface area contributed by atoms with Gasteiger partial charge in [0.05, 0.1) is 23.4 Å². The molecule has 0 aliphatic heterocycles. The van der Waals surface area contributed by atoms with Gasteiger partial charge in [-0.05, 0) is 52.3 Å². The zero-order valence-electron chi connectivity index (χ0n) is 19.0. The average molecular weight is 450 g/mol. The number of nitrogens with zero attached hydrogens (tertiary/aromatic N) is 4. The van der Waals surface area contributed by atoms with Crippen molar-refractivity contribution < 1.29 is 4.79 Å². The molecule has 0 spiro atoms. The van der Waals surface area contributed by atoms with Crippen molar-refractivity contribution in [3.05, 3.63) is 68.7 Å². The molecule has 0 radical (unpaired) electrons. The van der Waals surface area contributed by atoms with Crippen LogP contribution in [-0.4, -0.2) is 31.1 Å². The second-order valence-corrected chi connectivity index (χ2v) is 9.03. The molecule has 32 heavy (non-hydrogen) atoms. The van der Waals surface area contributed by atoms with Crippen molar-refractivity contribution in [3.8, 4) is 16.9 Å². The van der Waals surface area contributed by atoms with Crippen molar-refractivity contribution in [1.29, 1.82) is 0 Å². The van der Waals surface area contributed by atoms with E-state index in [0.29, 0.717) is 27.6 Å². The SMILES string of the molecule is CCC(C)NC(=O)Cc1csc2nc(C)c(-c3cc(C)n(-c4ccc(C)cc4)n3)c(=O)n12. The Bertz CT molecular complexity index is 1350.